The molecule has 3 amide bonds. The first kappa shape index (κ1) is 25.8. The van der Waals surface area contributed by atoms with Gasteiger partial charge < -0.3 is 5.32 Å². The first-order valence-electron chi connectivity index (χ1n) is 12.3. The summed E-state index contributed by atoms with van der Waals surface area (Å²) in [4.78, 5) is 55.5. The van der Waals surface area contributed by atoms with Gasteiger partial charge in [0.2, 0.25) is 17.7 Å². The van der Waals surface area contributed by atoms with E-state index in [1.54, 1.807) is 24.3 Å². The van der Waals surface area contributed by atoms with E-state index < -0.39 is 17.1 Å². The molecule has 3 atom stereocenters. The van der Waals surface area contributed by atoms with Gasteiger partial charge in [0.15, 0.2) is 0 Å². The molecule has 3 unspecified atom stereocenters. The fourth-order valence-corrected chi connectivity index (χ4v) is 8.32. The third-order valence-corrected chi connectivity index (χ3v) is 10.0. The van der Waals surface area contributed by atoms with Gasteiger partial charge in [-0.05, 0) is 48.9 Å². The van der Waals surface area contributed by atoms with Gasteiger partial charge in [0.05, 0.1) is 16.6 Å². The van der Waals surface area contributed by atoms with Crippen LogP contribution in [0.5, 0.6) is 0 Å². The van der Waals surface area contributed by atoms with Crippen LogP contribution in [0.3, 0.4) is 0 Å². The Kier molecular flexibility index (Phi) is 6.78. The number of fused-ring (bicyclic) bond motifs is 2. The molecular formula is C29H22BrN3O4S2. The van der Waals surface area contributed by atoms with Crippen molar-refractivity contribution in [3.8, 4) is 0 Å². The van der Waals surface area contributed by atoms with Crippen LogP contribution in [0, 0.1) is 12.8 Å². The Morgan fingerprint density at radius 1 is 0.949 bits per heavy atom. The normalized spacial score (nSPS) is 20.1. The largest absolute Gasteiger partial charge is 0.325 e. The molecule has 2 aliphatic rings. The molecule has 1 aromatic heterocycles. The molecule has 0 bridgehead atoms. The lowest BCUT2D eigenvalue weighted by molar-refractivity contribution is -0.122. The highest BCUT2D eigenvalue weighted by Crippen LogP contribution is 2.54. The fourth-order valence-electron chi connectivity index (χ4n) is 5.13. The molecule has 0 spiro atoms. The van der Waals surface area contributed by atoms with Gasteiger partial charge in [0, 0.05) is 21.0 Å². The van der Waals surface area contributed by atoms with E-state index in [1.165, 1.54) is 21.2 Å². The van der Waals surface area contributed by atoms with Crippen molar-refractivity contribution in [2.75, 3.05) is 10.2 Å². The highest BCUT2D eigenvalue weighted by molar-refractivity contribution is 9.10. The second-order valence-electron chi connectivity index (χ2n) is 9.48. The van der Waals surface area contributed by atoms with E-state index in [2.05, 4.69) is 21.2 Å². The van der Waals surface area contributed by atoms with Gasteiger partial charge in [-0.1, -0.05) is 87.1 Å². The smallest absolute Gasteiger partial charge is 0.308 e. The zero-order chi connectivity index (χ0) is 27.3. The summed E-state index contributed by atoms with van der Waals surface area (Å²) < 4.78 is 2.26. The van der Waals surface area contributed by atoms with E-state index >= 15 is 0 Å². The summed E-state index contributed by atoms with van der Waals surface area (Å²) >= 11 is 5.77. The molecule has 10 heteroatoms. The Hall–Kier alpha value is -3.47. The Morgan fingerprint density at radius 2 is 1.69 bits per heavy atom. The number of hydrogen-bond donors (Lipinski definition) is 1. The fraction of sp³-hybridized carbons (Fsp3) is 0.172. The molecular weight excluding hydrogens is 598 g/mol. The lowest BCUT2D eigenvalue weighted by Crippen LogP contribution is -2.33. The number of amides is 3. The number of thioether (sulfide) groups is 1. The number of aromatic nitrogens is 1. The SMILES string of the molecule is Cc1ccc(N2C(=O)C3Sc4c(sc(=O)n4CC(=O)Nc4ccccc4)C(c4cccc(Br)c4)C3C2=O)cc1. The average molecular weight is 621 g/mol. The molecule has 0 saturated carbocycles. The number of anilines is 2. The van der Waals surface area contributed by atoms with Crippen molar-refractivity contribution in [1.82, 2.24) is 4.57 Å². The van der Waals surface area contributed by atoms with Crippen molar-refractivity contribution < 1.29 is 14.4 Å². The van der Waals surface area contributed by atoms with Gasteiger partial charge in [0.1, 0.15) is 11.8 Å². The molecule has 0 aliphatic carbocycles. The molecule has 7 nitrogen and oxygen atoms in total. The van der Waals surface area contributed by atoms with Crippen LogP contribution in [0.15, 0.2) is 93.2 Å². The number of carbonyl (C=O) groups excluding carboxylic acids is 3. The minimum Gasteiger partial charge on any atom is -0.325 e. The molecule has 1 saturated heterocycles. The Morgan fingerprint density at radius 3 is 2.41 bits per heavy atom. The van der Waals surface area contributed by atoms with Crippen LogP contribution in [0.4, 0.5) is 11.4 Å². The Bertz CT molecular complexity index is 1670. The molecule has 1 fully saturated rings. The molecule has 196 valence electrons. The number of halogens is 1. The van der Waals surface area contributed by atoms with Gasteiger partial charge >= 0.3 is 4.87 Å². The molecule has 3 aromatic carbocycles. The number of nitrogens with zero attached hydrogens (tertiary/aromatic N) is 2. The molecule has 3 heterocycles. The summed E-state index contributed by atoms with van der Waals surface area (Å²) in [7, 11) is 0. The monoisotopic (exact) mass is 619 g/mol. The third kappa shape index (κ3) is 4.66. The predicted molar refractivity (Wildman–Crippen MR) is 156 cm³/mol. The highest BCUT2D eigenvalue weighted by atomic mass is 79.9. The van der Waals surface area contributed by atoms with E-state index in [0.29, 0.717) is 21.3 Å². The second-order valence-corrected chi connectivity index (χ2v) is 12.5. The van der Waals surface area contributed by atoms with Crippen LogP contribution in [-0.2, 0) is 20.9 Å². The molecule has 39 heavy (non-hydrogen) atoms. The number of para-hydroxylation sites is 1. The molecule has 1 N–H and O–H groups in total. The molecule has 4 aromatic rings. The standard InChI is InChI=1S/C29H22BrN3O4S2/c1-16-10-12-20(13-11-16)33-26(35)23-22(17-6-5-7-18(30)14-17)25-28(38-24(23)27(33)36)32(29(37)39-25)15-21(34)31-19-8-3-2-4-9-19/h2-14,22-24H,15H2,1H3,(H,31,34). The zero-order valence-corrected chi connectivity index (χ0v) is 23.9. The van der Waals surface area contributed by atoms with Crippen molar-refractivity contribution in [2.45, 2.75) is 29.7 Å². The van der Waals surface area contributed by atoms with Crippen LogP contribution in [0.2, 0.25) is 0 Å². The number of nitrogens with one attached hydrogen (secondary N) is 1. The van der Waals surface area contributed by atoms with E-state index in [4.69, 9.17) is 0 Å². The van der Waals surface area contributed by atoms with E-state index in [9.17, 15) is 19.2 Å². The highest BCUT2D eigenvalue weighted by Gasteiger charge is 2.56. The number of aryl methyl sites for hydroxylation is 1. The maximum atomic E-state index is 13.9. The lowest BCUT2D eigenvalue weighted by atomic mass is 9.83. The number of hydrogen-bond acceptors (Lipinski definition) is 6. The number of benzene rings is 3. The van der Waals surface area contributed by atoms with E-state index in [0.717, 1.165) is 26.9 Å². The average Bonchev–Trinajstić information content (AvgIpc) is 3.36. The third-order valence-electron chi connectivity index (χ3n) is 6.91. The van der Waals surface area contributed by atoms with E-state index in [-0.39, 0.29) is 29.1 Å². The zero-order valence-electron chi connectivity index (χ0n) is 20.7. The molecule has 6 rings (SSSR count). The van der Waals surface area contributed by atoms with Crippen LogP contribution >= 0.6 is 39.0 Å². The van der Waals surface area contributed by atoms with Crippen LogP contribution in [-0.4, -0.2) is 27.5 Å². The van der Waals surface area contributed by atoms with Crippen LogP contribution in [0.25, 0.3) is 0 Å². The summed E-state index contributed by atoms with van der Waals surface area (Å²) in [5.41, 5.74) is 3.01. The Balaban J connectivity index is 1.42. The van der Waals surface area contributed by atoms with Crippen molar-refractivity contribution in [3.05, 3.63) is 109 Å². The van der Waals surface area contributed by atoms with Gasteiger partial charge in [-0.15, -0.1) is 0 Å². The summed E-state index contributed by atoms with van der Waals surface area (Å²) in [6, 6.07) is 23.9. The maximum absolute atomic E-state index is 13.9. The number of thiazole rings is 1. The van der Waals surface area contributed by atoms with E-state index in [1.807, 2.05) is 61.5 Å². The van der Waals surface area contributed by atoms with Gasteiger partial charge in [0.25, 0.3) is 0 Å². The summed E-state index contributed by atoms with van der Waals surface area (Å²) in [5.74, 6) is -2.14. The minimum atomic E-state index is -0.729. The Labute approximate surface area is 241 Å². The van der Waals surface area contributed by atoms with Crippen LogP contribution in [0.1, 0.15) is 21.9 Å². The summed E-state index contributed by atoms with van der Waals surface area (Å²) in [6.07, 6.45) is 0. The van der Waals surface area contributed by atoms with Gasteiger partial charge in [-0.25, -0.2) is 4.90 Å². The minimum absolute atomic E-state index is 0.195. The quantitative estimate of drug-likeness (QED) is 0.302. The first-order valence-corrected chi connectivity index (χ1v) is 14.8. The van der Waals surface area contributed by atoms with Crippen molar-refractivity contribution >= 4 is 68.1 Å². The second kappa shape index (κ2) is 10.3. The number of carbonyl (C=O) groups is 3. The van der Waals surface area contributed by atoms with Crippen LogP contribution < -0.4 is 15.1 Å². The molecule has 0 radical (unpaired) electrons. The van der Waals surface area contributed by atoms with Gasteiger partial charge in [-0.3, -0.25) is 23.7 Å². The van der Waals surface area contributed by atoms with Crippen molar-refractivity contribution in [3.63, 3.8) is 0 Å². The maximum Gasteiger partial charge on any atom is 0.308 e. The van der Waals surface area contributed by atoms with Gasteiger partial charge in [-0.2, -0.15) is 0 Å². The summed E-state index contributed by atoms with van der Waals surface area (Å²) in [5, 5.41) is 2.65. The summed E-state index contributed by atoms with van der Waals surface area (Å²) in [6.45, 7) is 1.75. The lowest BCUT2D eigenvalue weighted by Gasteiger charge is -2.30. The molecule has 2 aliphatic heterocycles. The topological polar surface area (TPSA) is 88.5 Å². The predicted octanol–water partition coefficient (Wildman–Crippen LogP) is 5.42. The first-order chi connectivity index (χ1) is 18.8. The number of rotatable bonds is 5. The van der Waals surface area contributed by atoms with Crippen molar-refractivity contribution in [1.29, 1.82) is 0 Å². The van der Waals surface area contributed by atoms with Crippen molar-refractivity contribution in [2.24, 2.45) is 5.92 Å². The number of imide groups is 1.